The maximum Gasteiger partial charge on any atom is 0.0363 e. The van der Waals surface area contributed by atoms with Gasteiger partial charge in [0.1, 0.15) is 0 Å². The summed E-state index contributed by atoms with van der Waals surface area (Å²) in [6.45, 7) is 7.76. The van der Waals surface area contributed by atoms with E-state index in [0.717, 1.165) is 6.54 Å². The summed E-state index contributed by atoms with van der Waals surface area (Å²) in [5.74, 6) is 0. The number of nitrogens with one attached hydrogen (secondary N) is 1. The van der Waals surface area contributed by atoms with E-state index in [-0.39, 0.29) is 0 Å². The van der Waals surface area contributed by atoms with Gasteiger partial charge in [0.15, 0.2) is 0 Å². The second kappa shape index (κ2) is 6.42. The number of hydrogen-bond acceptors (Lipinski definition) is 2. The monoisotopic (exact) mass is 260 g/mol. The molecule has 0 saturated heterocycles. The van der Waals surface area contributed by atoms with Crippen LogP contribution in [-0.2, 0) is 0 Å². The third kappa shape index (κ3) is 3.73. The fourth-order valence-electron chi connectivity index (χ4n) is 3.30. The highest BCUT2D eigenvalue weighted by atomic mass is 15.1. The van der Waals surface area contributed by atoms with E-state index < -0.39 is 0 Å². The second-order valence-corrected chi connectivity index (χ2v) is 6.18. The van der Waals surface area contributed by atoms with Crippen LogP contribution >= 0.6 is 0 Å². The van der Waals surface area contributed by atoms with E-state index in [4.69, 9.17) is 0 Å². The van der Waals surface area contributed by atoms with Crippen LogP contribution in [0.25, 0.3) is 0 Å². The van der Waals surface area contributed by atoms with Gasteiger partial charge < -0.3 is 10.2 Å². The van der Waals surface area contributed by atoms with Gasteiger partial charge in [0, 0.05) is 31.2 Å². The van der Waals surface area contributed by atoms with Crippen LogP contribution < -0.4 is 10.2 Å². The SMILES string of the molecule is CCNCC1(CN(C)c2ccc(C)cc2)CCCC1. The predicted octanol–water partition coefficient (Wildman–Crippen LogP) is 3.60. The first-order valence-corrected chi connectivity index (χ1v) is 7.64. The molecule has 2 heteroatoms. The Balaban J connectivity index is 2.02. The van der Waals surface area contributed by atoms with Crippen LogP contribution in [-0.4, -0.2) is 26.7 Å². The standard InChI is InChI=1S/C17H28N2/c1-4-18-13-17(11-5-6-12-17)14-19(3)16-9-7-15(2)8-10-16/h7-10,18H,4-6,11-14H2,1-3H3. The summed E-state index contributed by atoms with van der Waals surface area (Å²) < 4.78 is 0. The molecular weight excluding hydrogens is 232 g/mol. The molecule has 1 aromatic rings. The zero-order valence-corrected chi connectivity index (χ0v) is 12.7. The van der Waals surface area contributed by atoms with Gasteiger partial charge in [-0.3, -0.25) is 0 Å². The van der Waals surface area contributed by atoms with Crippen molar-refractivity contribution in [3.8, 4) is 0 Å². The minimum absolute atomic E-state index is 0.482. The van der Waals surface area contributed by atoms with E-state index in [1.807, 2.05) is 0 Å². The van der Waals surface area contributed by atoms with Gasteiger partial charge in [-0.15, -0.1) is 0 Å². The van der Waals surface area contributed by atoms with Crippen molar-refractivity contribution < 1.29 is 0 Å². The molecule has 0 radical (unpaired) electrons. The van der Waals surface area contributed by atoms with Crippen LogP contribution in [0.4, 0.5) is 5.69 Å². The van der Waals surface area contributed by atoms with Crippen molar-refractivity contribution in [2.45, 2.75) is 39.5 Å². The van der Waals surface area contributed by atoms with E-state index in [0.29, 0.717) is 5.41 Å². The summed E-state index contributed by atoms with van der Waals surface area (Å²) >= 11 is 0. The molecule has 0 spiro atoms. The van der Waals surface area contributed by atoms with Gasteiger partial charge in [0.2, 0.25) is 0 Å². The van der Waals surface area contributed by atoms with E-state index in [1.165, 1.54) is 50.0 Å². The lowest BCUT2D eigenvalue weighted by atomic mass is 9.85. The Kier molecular flexibility index (Phi) is 4.87. The van der Waals surface area contributed by atoms with Crippen molar-refractivity contribution in [3.05, 3.63) is 29.8 Å². The molecule has 0 unspecified atom stereocenters. The van der Waals surface area contributed by atoms with Gasteiger partial charge in [0.25, 0.3) is 0 Å². The highest BCUT2D eigenvalue weighted by Gasteiger charge is 2.34. The molecule has 2 rings (SSSR count). The maximum atomic E-state index is 3.57. The molecule has 1 saturated carbocycles. The number of nitrogens with zero attached hydrogens (tertiary/aromatic N) is 1. The molecule has 0 bridgehead atoms. The molecule has 1 aliphatic rings. The second-order valence-electron chi connectivity index (χ2n) is 6.18. The molecule has 0 aliphatic heterocycles. The van der Waals surface area contributed by atoms with Crippen molar-refractivity contribution in [2.75, 3.05) is 31.6 Å². The number of benzene rings is 1. The van der Waals surface area contributed by atoms with Crippen molar-refractivity contribution in [1.29, 1.82) is 0 Å². The minimum atomic E-state index is 0.482. The molecular formula is C17H28N2. The fourth-order valence-corrected chi connectivity index (χ4v) is 3.30. The molecule has 1 fully saturated rings. The first kappa shape index (κ1) is 14.4. The maximum absolute atomic E-state index is 3.57. The highest BCUT2D eigenvalue weighted by molar-refractivity contribution is 5.47. The summed E-state index contributed by atoms with van der Waals surface area (Å²) in [4.78, 5) is 2.43. The van der Waals surface area contributed by atoms with Gasteiger partial charge in [-0.1, -0.05) is 37.5 Å². The lowest BCUT2D eigenvalue weighted by molar-refractivity contribution is 0.289. The van der Waals surface area contributed by atoms with Crippen molar-refractivity contribution in [3.63, 3.8) is 0 Å². The summed E-state index contributed by atoms with van der Waals surface area (Å²) in [6, 6.07) is 8.89. The number of aryl methyl sites for hydroxylation is 1. The lowest BCUT2D eigenvalue weighted by Crippen LogP contribution is -2.41. The number of hydrogen-bond donors (Lipinski definition) is 1. The summed E-state index contributed by atoms with van der Waals surface area (Å²) in [5, 5.41) is 3.57. The molecule has 0 amide bonds. The first-order valence-electron chi connectivity index (χ1n) is 7.64. The molecule has 0 heterocycles. The molecule has 1 N–H and O–H groups in total. The Labute approximate surface area is 118 Å². The molecule has 0 atom stereocenters. The van der Waals surface area contributed by atoms with E-state index >= 15 is 0 Å². The Morgan fingerprint density at radius 2 is 1.79 bits per heavy atom. The first-order chi connectivity index (χ1) is 9.15. The van der Waals surface area contributed by atoms with E-state index in [1.54, 1.807) is 0 Å². The number of anilines is 1. The third-order valence-corrected chi connectivity index (χ3v) is 4.46. The van der Waals surface area contributed by atoms with Crippen LogP contribution in [0.15, 0.2) is 24.3 Å². The largest absolute Gasteiger partial charge is 0.374 e. The normalized spacial score (nSPS) is 17.6. The van der Waals surface area contributed by atoms with Crippen molar-refractivity contribution in [1.82, 2.24) is 5.32 Å². The van der Waals surface area contributed by atoms with Crippen LogP contribution in [0.3, 0.4) is 0 Å². The van der Waals surface area contributed by atoms with Crippen LogP contribution in [0.2, 0.25) is 0 Å². The Morgan fingerprint density at radius 3 is 2.37 bits per heavy atom. The van der Waals surface area contributed by atoms with Crippen molar-refractivity contribution >= 4 is 5.69 Å². The van der Waals surface area contributed by atoms with E-state index in [2.05, 4.69) is 55.4 Å². The van der Waals surface area contributed by atoms with Crippen LogP contribution in [0.5, 0.6) is 0 Å². The van der Waals surface area contributed by atoms with Gasteiger partial charge in [-0.2, -0.15) is 0 Å². The lowest BCUT2D eigenvalue weighted by Gasteiger charge is -2.35. The zero-order valence-electron chi connectivity index (χ0n) is 12.7. The smallest absolute Gasteiger partial charge is 0.0363 e. The van der Waals surface area contributed by atoms with Crippen LogP contribution in [0, 0.1) is 12.3 Å². The molecule has 106 valence electrons. The highest BCUT2D eigenvalue weighted by Crippen LogP contribution is 2.38. The average Bonchev–Trinajstić information content (AvgIpc) is 2.86. The number of rotatable bonds is 6. The zero-order chi connectivity index (χ0) is 13.7. The van der Waals surface area contributed by atoms with Gasteiger partial charge in [-0.25, -0.2) is 0 Å². The summed E-state index contributed by atoms with van der Waals surface area (Å²) in [6.07, 6.45) is 5.53. The molecule has 1 aromatic carbocycles. The fraction of sp³-hybridized carbons (Fsp3) is 0.647. The minimum Gasteiger partial charge on any atom is -0.374 e. The van der Waals surface area contributed by atoms with Crippen LogP contribution in [0.1, 0.15) is 38.2 Å². The molecule has 0 aromatic heterocycles. The predicted molar refractivity (Wildman–Crippen MR) is 83.9 cm³/mol. The Hall–Kier alpha value is -1.02. The Morgan fingerprint density at radius 1 is 1.16 bits per heavy atom. The van der Waals surface area contributed by atoms with Gasteiger partial charge in [0.05, 0.1) is 0 Å². The topological polar surface area (TPSA) is 15.3 Å². The quantitative estimate of drug-likeness (QED) is 0.840. The van der Waals surface area contributed by atoms with E-state index in [9.17, 15) is 0 Å². The average molecular weight is 260 g/mol. The summed E-state index contributed by atoms with van der Waals surface area (Å²) in [7, 11) is 2.23. The molecule has 1 aliphatic carbocycles. The van der Waals surface area contributed by atoms with Gasteiger partial charge in [-0.05, 0) is 38.4 Å². The van der Waals surface area contributed by atoms with Crippen molar-refractivity contribution in [2.24, 2.45) is 5.41 Å². The molecule has 19 heavy (non-hydrogen) atoms. The van der Waals surface area contributed by atoms with Gasteiger partial charge >= 0.3 is 0 Å². The Bertz CT molecular complexity index is 377. The molecule has 2 nitrogen and oxygen atoms in total. The third-order valence-electron chi connectivity index (χ3n) is 4.46. The summed E-state index contributed by atoms with van der Waals surface area (Å²) in [5.41, 5.74) is 3.16.